The molecule has 0 aliphatic carbocycles. The number of hydrogen-bond acceptors (Lipinski definition) is 6. The number of ether oxygens (including phenoxy) is 1. The van der Waals surface area contributed by atoms with Crippen LogP contribution in [0.4, 0.5) is 5.69 Å². The van der Waals surface area contributed by atoms with Gasteiger partial charge in [-0.2, -0.15) is 0 Å². The Morgan fingerprint density at radius 2 is 1.81 bits per heavy atom. The number of fused-ring (bicyclic) bond motifs is 1. The van der Waals surface area contributed by atoms with Gasteiger partial charge in [0.05, 0.1) is 23.7 Å². The number of hydrogen-bond donors (Lipinski definition) is 2. The molecule has 0 unspecified atom stereocenters. The van der Waals surface area contributed by atoms with E-state index in [2.05, 4.69) is 4.72 Å². The maximum atomic E-state index is 13.2. The third-order valence-electron chi connectivity index (χ3n) is 5.05. The van der Waals surface area contributed by atoms with Gasteiger partial charge in [-0.15, -0.1) is 0 Å². The lowest BCUT2D eigenvalue weighted by atomic mass is 10.1. The summed E-state index contributed by atoms with van der Waals surface area (Å²) in [5, 5.41) is 9.66. The lowest BCUT2D eigenvalue weighted by molar-refractivity contribution is 0.0285. The zero-order valence-corrected chi connectivity index (χ0v) is 17.4. The van der Waals surface area contributed by atoms with Crippen molar-refractivity contribution in [1.82, 2.24) is 4.90 Å². The predicted octanol–water partition coefficient (Wildman–Crippen LogP) is 2.71. The number of sulfonamides is 1. The average molecular weight is 444 g/mol. The van der Waals surface area contributed by atoms with Crippen molar-refractivity contribution in [1.29, 1.82) is 0 Å². The van der Waals surface area contributed by atoms with Crippen molar-refractivity contribution >= 4 is 38.6 Å². The number of aromatic carboxylic acids is 1. The molecule has 0 radical (unpaired) electrons. The topological polar surface area (TPSA) is 126 Å². The second-order valence-corrected chi connectivity index (χ2v) is 8.75. The molecule has 31 heavy (non-hydrogen) atoms. The van der Waals surface area contributed by atoms with Gasteiger partial charge in [-0.3, -0.25) is 9.52 Å². The molecule has 2 aromatic carbocycles. The SMILES string of the molecule is Cc1ccc(C(=O)O)cc1S(=O)(=O)Nc1c(C(=O)N2CCOCC2)oc2ccccc12. The van der Waals surface area contributed by atoms with Gasteiger partial charge < -0.3 is 19.2 Å². The number of anilines is 1. The third-order valence-corrected chi connectivity index (χ3v) is 6.54. The van der Waals surface area contributed by atoms with Crippen LogP contribution in [-0.2, 0) is 14.8 Å². The van der Waals surface area contributed by atoms with Gasteiger partial charge in [-0.05, 0) is 36.8 Å². The Morgan fingerprint density at radius 1 is 1.10 bits per heavy atom. The first-order valence-electron chi connectivity index (χ1n) is 9.53. The molecule has 162 valence electrons. The molecule has 2 N–H and O–H groups in total. The number of carboxylic acids is 1. The van der Waals surface area contributed by atoms with Crippen molar-refractivity contribution < 1.29 is 32.3 Å². The van der Waals surface area contributed by atoms with Crippen molar-refractivity contribution in [3.8, 4) is 0 Å². The maximum absolute atomic E-state index is 13.2. The van der Waals surface area contributed by atoms with Gasteiger partial charge in [0.1, 0.15) is 11.3 Å². The average Bonchev–Trinajstić information content (AvgIpc) is 3.11. The number of morpholine rings is 1. The summed E-state index contributed by atoms with van der Waals surface area (Å²) in [6.45, 7) is 3.06. The molecule has 1 fully saturated rings. The number of rotatable bonds is 5. The largest absolute Gasteiger partial charge is 0.478 e. The molecule has 4 rings (SSSR count). The lowest BCUT2D eigenvalue weighted by Crippen LogP contribution is -2.40. The fraction of sp³-hybridized carbons (Fsp3) is 0.238. The van der Waals surface area contributed by atoms with Crippen LogP contribution in [0.15, 0.2) is 51.8 Å². The molecule has 0 bridgehead atoms. The Balaban J connectivity index is 1.80. The second kappa shape index (κ2) is 8.05. The standard InChI is InChI=1S/C21H20N2O7S/c1-13-6-7-14(21(25)26)12-17(13)31(27,28)22-18-15-4-2-3-5-16(15)30-19(18)20(24)23-8-10-29-11-9-23/h2-7,12,22H,8-11H2,1H3,(H,25,26). The zero-order chi connectivity index (χ0) is 22.2. The number of furan rings is 1. The van der Waals surface area contributed by atoms with E-state index in [1.807, 2.05) is 0 Å². The minimum atomic E-state index is -4.22. The summed E-state index contributed by atoms with van der Waals surface area (Å²) < 4.78 is 39.9. The van der Waals surface area contributed by atoms with Crippen molar-refractivity contribution in [2.24, 2.45) is 0 Å². The van der Waals surface area contributed by atoms with E-state index in [9.17, 15) is 23.1 Å². The quantitative estimate of drug-likeness (QED) is 0.620. The predicted molar refractivity (Wildman–Crippen MR) is 112 cm³/mol. The Morgan fingerprint density at radius 3 is 2.52 bits per heavy atom. The molecule has 1 saturated heterocycles. The summed E-state index contributed by atoms with van der Waals surface area (Å²) >= 11 is 0. The fourth-order valence-corrected chi connectivity index (χ4v) is 4.77. The Kier molecular flexibility index (Phi) is 5.42. The van der Waals surface area contributed by atoms with Crippen LogP contribution in [0.25, 0.3) is 11.0 Å². The number of nitrogens with one attached hydrogen (secondary N) is 1. The van der Waals surface area contributed by atoms with Crippen LogP contribution in [0.1, 0.15) is 26.5 Å². The number of para-hydroxylation sites is 1. The van der Waals surface area contributed by atoms with Crippen LogP contribution < -0.4 is 4.72 Å². The Bertz CT molecular complexity index is 1270. The highest BCUT2D eigenvalue weighted by Gasteiger charge is 2.30. The van der Waals surface area contributed by atoms with E-state index in [1.165, 1.54) is 17.0 Å². The van der Waals surface area contributed by atoms with Crippen molar-refractivity contribution in [3.63, 3.8) is 0 Å². The molecule has 3 aromatic rings. The van der Waals surface area contributed by atoms with E-state index >= 15 is 0 Å². The first-order valence-corrected chi connectivity index (χ1v) is 11.0. The minimum Gasteiger partial charge on any atom is -0.478 e. The van der Waals surface area contributed by atoms with Crippen LogP contribution in [0.2, 0.25) is 0 Å². The van der Waals surface area contributed by atoms with Gasteiger partial charge in [0.2, 0.25) is 5.76 Å². The van der Waals surface area contributed by atoms with Gasteiger partial charge in [-0.1, -0.05) is 18.2 Å². The number of carboxylic acid groups (broad SMARTS) is 1. The van der Waals surface area contributed by atoms with E-state index in [0.717, 1.165) is 6.07 Å². The van der Waals surface area contributed by atoms with E-state index < -0.39 is 21.9 Å². The normalized spacial score (nSPS) is 14.5. The number of carbonyl (C=O) groups is 2. The molecule has 1 amide bonds. The van der Waals surface area contributed by atoms with Crippen LogP contribution in [0.5, 0.6) is 0 Å². The maximum Gasteiger partial charge on any atom is 0.335 e. The van der Waals surface area contributed by atoms with E-state index in [1.54, 1.807) is 31.2 Å². The molecule has 10 heteroatoms. The van der Waals surface area contributed by atoms with E-state index in [-0.39, 0.29) is 21.9 Å². The van der Waals surface area contributed by atoms with Gasteiger partial charge in [-0.25, -0.2) is 13.2 Å². The summed E-state index contributed by atoms with van der Waals surface area (Å²) in [6, 6.07) is 10.5. The number of amides is 1. The molecule has 1 aliphatic rings. The summed E-state index contributed by atoms with van der Waals surface area (Å²) in [7, 11) is -4.22. The Hall–Kier alpha value is -3.37. The summed E-state index contributed by atoms with van der Waals surface area (Å²) in [4.78, 5) is 25.7. The molecule has 1 aromatic heterocycles. The van der Waals surface area contributed by atoms with Crippen LogP contribution in [0.3, 0.4) is 0 Å². The smallest absolute Gasteiger partial charge is 0.335 e. The highest BCUT2D eigenvalue weighted by Crippen LogP contribution is 2.34. The monoisotopic (exact) mass is 444 g/mol. The Labute approximate surface area is 178 Å². The van der Waals surface area contributed by atoms with Gasteiger partial charge >= 0.3 is 5.97 Å². The molecule has 1 aliphatic heterocycles. The van der Waals surface area contributed by atoms with Gasteiger partial charge in [0.15, 0.2) is 0 Å². The van der Waals surface area contributed by atoms with Crippen molar-refractivity contribution in [2.75, 3.05) is 31.0 Å². The molecule has 9 nitrogen and oxygen atoms in total. The van der Waals surface area contributed by atoms with Crippen molar-refractivity contribution in [2.45, 2.75) is 11.8 Å². The molecule has 0 saturated carbocycles. The van der Waals surface area contributed by atoms with Crippen molar-refractivity contribution in [3.05, 3.63) is 59.4 Å². The molecular weight excluding hydrogens is 424 g/mol. The number of aryl methyl sites for hydroxylation is 1. The molecule has 2 heterocycles. The van der Waals surface area contributed by atoms with E-state index in [0.29, 0.717) is 42.8 Å². The van der Waals surface area contributed by atoms with E-state index in [4.69, 9.17) is 9.15 Å². The second-order valence-electron chi connectivity index (χ2n) is 7.10. The van der Waals surface area contributed by atoms with Crippen LogP contribution in [0, 0.1) is 6.92 Å². The number of benzene rings is 2. The first-order chi connectivity index (χ1) is 14.8. The first kappa shape index (κ1) is 20.9. The summed E-state index contributed by atoms with van der Waals surface area (Å²) in [5.41, 5.74) is 0.582. The molecule has 0 atom stereocenters. The highest BCUT2D eigenvalue weighted by molar-refractivity contribution is 7.92. The molecule has 0 spiro atoms. The fourth-order valence-electron chi connectivity index (χ4n) is 3.42. The summed E-state index contributed by atoms with van der Waals surface area (Å²) in [6.07, 6.45) is 0. The minimum absolute atomic E-state index is 0.0206. The number of carbonyl (C=O) groups excluding carboxylic acids is 1. The van der Waals surface area contributed by atoms with Crippen LogP contribution >= 0.6 is 0 Å². The molecular formula is C21H20N2O7S. The highest BCUT2D eigenvalue weighted by atomic mass is 32.2. The summed E-state index contributed by atoms with van der Waals surface area (Å²) in [5.74, 6) is -1.82. The third kappa shape index (κ3) is 3.99. The van der Waals surface area contributed by atoms with Gasteiger partial charge in [0.25, 0.3) is 15.9 Å². The van der Waals surface area contributed by atoms with Gasteiger partial charge in [0, 0.05) is 18.5 Å². The number of nitrogens with zero attached hydrogens (tertiary/aromatic N) is 1. The lowest BCUT2D eigenvalue weighted by Gasteiger charge is -2.26. The van der Waals surface area contributed by atoms with Crippen LogP contribution in [-0.4, -0.2) is 56.6 Å². The zero-order valence-electron chi connectivity index (χ0n) is 16.6.